The number of hydrogen-bond donors (Lipinski definition) is 1. The Kier molecular flexibility index (Phi) is 8.15. The molecule has 1 saturated heterocycles. The Morgan fingerprint density at radius 2 is 1.75 bits per heavy atom. The third-order valence-corrected chi connectivity index (χ3v) is 7.63. The molecule has 0 aromatic heterocycles. The van der Waals surface area contributed by atoms with Crippen LogP contribution in [-0.2, 0) is 14.8 Å². The van der Waals surface area contributed by atoms with Crippen LogP contribution in [0.15, 0.2) is 53.4 Å². The number of amides is 1. The highest BCUT2D eigenvalue weighted by Gasteiger charge is 2.32. The number of methoxy groups -OCH3 is 1. The molecule has 174 valence electrons. The molecule has 8 heteroatoms. The third kappa shape index (κ3) is 5.81. The molecule has 1 aliphatic rings. The molecular weight excluding hydrogens is 428 g/mol. The Hall–Kier alpha value is -2.58. The fraction of sp³-hybridized carbons (Fsp3) is 0.458. The van der Waals surface area contributed by atoms with Crippen molar-refractivity contribution in [2.45, 2.75) is 37.5 Å². The minimum absolute atomic E-state index is 0.0489. The van der Waals surface area contributed by atoms with E-state index in [0.717, 1.165) is 11.3 Å². The van der Waals surface area contributed by atoms with E-state index in [4.69, 9.17) is 9.47 Å². The van der Waals surface area contributed by atoms with Gasteiger partial charge >= 0.3 is 0 Å². The summed E-state index contributed by atoms with van der Waals surface area (Å²) in [5, 5.41) is 2.92. The van der Waals surface area contributed by atoms with Crippen molar-refractivity contribution in [3.05, 3.63) is 54.1 Å². The first-order valence-corrected chi connectivity index (χ1v) is 12.4. The van der Waals surface area contributed by atoms with Crippen LogP contribution in [0, 0.1) is 5.92 Å². The van der Waals surface area contributed by atoms with Crippen molar-refractivity contribution in [1.82, 2.24) is 9.62 Å². The van der Waals surface area contributed by atoms with Crippen molar-refractivity contribution in [2.24, 2.45) is 5.92 Å². The van der Waals surface area contributed by atoms with Gasteiger partial charge in [0.05, 0.1) is 18.6 Å². The number of benzene rings is 2. The third-order valence-electron chi connectivity index (χ3n) is 5.72. The van der Waals surface area contributed by atoms with E-state index in [1.807, 2.05) is 24.3 Å². The summed E-state index contributed by atoms with van der Waals surface area (Å²) in [6.45, 7) is 5.68. The van der Waals surface area contributed by atoms with E-state index in [1.54, 1.807) is 24.3 Å². The molecule has 1 N–H and O–H groups in total. The van der Waals surface area contributed by atoms with Gasteiger partial charge in [0, 0.05) is 19.0 Å². The molecule has 0 spiro atoms. The van der Waals surface area contributed by atoms with E-state index in [-0.39, 0.29) is 16.7 Å². The van der Waals surface area contributed by atoms with Gasteiger partial charge in [0.25, 0.3) is 0 Å². The quantitative estimate of drug-likeness (QED) is 0.580. The van der Waals surface area contributed by atoms with Crippen molar-refractivity contribution >= 4 is 15.9 Å². The van der Waals surface area contributed by atoms with E-state index < -0.39 is 10.0 Å². The number of sulfonamides is 1. The predicted octanol–water partition coefficient (Wildman–Crippen LogP) is 3.41. The van der Waals surface area contributed by atoms with Gasteiger partial charge in [-0.15, -0.1) is 0 Å². The number of para-hydroxylation sites is 1. The molecule has 3 rings (SSSR count). The van der Waals surface area contributed by atoms with E-state index in [9.17, 15) is 13.2 Å². The van der Waals surface area contributed by atoms with Crippen molar-refractivity contribution in [3.63, 3.8) is 0 Å². The zero-order chi connectivity index (χ0) is 23.1. The Morgan fingerprint density at radius 1 is 1.09 bits per heavy atom. The topological polar surface area (TPSA) is 84.9 Å². The van der Waals surface area contributed by atoms with Crippen LogP contribution in [0.2, 0.25) is 0 Å². The maximum absolute atomic E-state index is 12.9. The number of hydrogen-bond acceptors (Lipinski definition) is 5. The minimum atomic E-state index is -3.57. The molecular formula is C24H32N2O5S. The highest BCUT2D eigenvalue weighted by atomic mass is 32.2. The zero-order valence-electron chi connectivity index (χ0n) is 18.9. The van der Waals surface area contributed by atoms with Gasteiger partial charge in [-0.25, -0.2) is 8.42 Å². The van der Waals surface area contributed by atoms with Crippen LogP contribution in [0.4, 0.5) is 0 Å². The summed E-state index contributed by atoms with van der Waals surface area (Å²) in [5.41, 5.74) is 1.14. The number of carbonyl (C=O) groups excluding carboxylic acids is 1. The average molecular weight is 461 g/mol. The van der Waals surface area contributed by atoms with Crippen LogP contribution in [0.25, 0.3) is 0 Å². The lowest BCUT2D eigenvalue weighted by atomic mass is 9.97. The zero-order valence-corrected chi connectivity index (χ0v) is 19.7. The van der Waals surface area contributed by atoms with Crippen molar-refractivity contribution < 1.29 is 22.7 Å². The van der Waals surface area contributed by atoms with Crippen LogP contribution in [-0.4, -0.2) is 52.0 Å². The van der Waals surface area contributed by atoms with Crippen LogP contribution < -0.4 is 14.8 Å². The SMILES string of the molecule is COc1ccc(S(=O)(=O)N2CCC(C(=O)NCCOc3ccccc3C(C)C)CC2)cc1. The fourth-order valence-corrected chi connectivity index (χ4v) is 5.29. The maximum atomic E-state index is 12.9. The number of ether oxygens (including phenoxy) is 2. The summed E-state index contributed by atoms with van der Waals surface area (Å²) in [5.74, 6) is 1.57. The van der Waals surface area contributed by atoms with Gasteiger partial charge in [-0.1, -0.05) is 32.0 Å². The van der Waals surface area contributed by atoms with Gasteiger partial charge in [0.1, 0.15) is 18.1 Å². The van der Waals surface area contributed by atoms with Crippen LogP contribution in [0.3, 0.4) is 0 Å². The normalized spacial score (nSPS) is 15.5. The Morgan fingerprint density at radius 3 is 2.38 bits per heavy atom. The molecule has 7 nitrogen and oxygen atoms in total. The summed E-state index contributed by atoms with van der Waals surface area (Å²) in [6.07, 6.45) is 0.997. The fourth-order valence-electron chi connectivity index (χ4n) is 3.82. The van der Waals surface area contributed by atoms with Crippen molar-refractivity contribution in [1.29, 1.82) is 0 Å². The number of carbonyl (C=O) groups is 1. The highest BCUT2D eigenvalue weighted by Crippen LogP contribution is 2.26. The van der Waals surface area contributed by atoms with Gasteiger partial charge < -0.3 is 14.8 Å². The van der Waals surface area contributed by atoms with Crippen molar-refractivity contribution in [3.8, 4) is 11.5 Å². The molecule has 2 aromatic rings. The molecule has 0 bridgehead atoms. The number of piperidine rings is 1. The summed E-state index contributed by atoms with van der Waals surface area (Å²) in [4.78, 5) is 12.8. The van der Waals surface area contributed by atoms with Gasteiger partial charge in [-0.3, -0.25) is 4.79 Å². The second kappa shape index (κ2) is 10.8. The number of nitrogens with one attached hydrogen (secondary N) is 1. The molecule has 1 aliphatic heterocycles. The molecule has 1 heterocycles. The molecule has 0 unspecified atom stereocenters. The summed E-state index contributed by atoms with van der Waals surface area (Å²) >= 11 is 0. The Balaban J connectivity index is 1.45. The van der Waals surface area contributed by atoms with Gasteiger partial charge in [-0.05, 0) is 54.7 Å². The largest absolute Gasteiger partial charge is 0.497 e. The lowest BCUT2D eigenvalue weighted by Gasteiger charge is -2.30. The van der Waals surface area contributed by atoms with Gasteiger partial charge in [0.15, 0.2) is 0 Å². The molecule has 2 aromatic carbocycles. The van der Waals surface area contributed by atoms with E-state index in [1.165, 1.54) is 11.4 Å². The van der Waals surface area contributed by atoms with E-state index in [2.05, 4.69) is 19.2 Å². The molecule has 0 atom stereocenters. The minimum Gasteiger partial charge on any atom is -0.497 e. The van der Waals surface area contributed by atoms with Crippen LogP contribution in [0.5, 0.6) is 11.5 Å². The highest BCUT2D eigenvalue weighted by molar-refractivity contribution is 7.89. The molecule has 1 amide bonds. The van der Waals surface area contributed by atoms with Crippen LogP contribution in [0.1, 0.15) is 38.2 Å². The molecule has 0 aliphatic carbocycles. The number of rotatable bonds is 9. The van der Waals surface area contributed by atoms with Gasteiger partial charge in [-0.2, -0.15) is 4.31 Å². The first-order valence-electron chi connectivity index (χ1n) is 11.0. The number of nitrogens with zero attached hydrogens (tertiary/aromatic N) is 1. The molecule has 0 radical (unpaired) electrons. The van der Waals surface area contributed by atoms with E-state index in [0.29, 0.717) is 50.8 Å². The maximum Gasteiger partial charge on any atom is 0.243 e. The first-order chi connectivity index (χ1) is 15.3. The lowest BCUT2D eigenvalue weighted by molar-refractivity contribution is -0.126. The van der Waals surface area contributed by atoms with Gasteiger partial charge in [0.2, 0.25) is 15.9 Å². The smallest absolute Gasteiger partial charge is 0.243 e. The van der Waals surface area contributed by atoms with Crippen LogP contribution >= 0.6 is 0 Å². The standard InChI is InChI=1S/C24H32N2O5S/c1-18(2)22-6-4-5-7-23(22)31-17-14-25-24(27)19-12-15-26(16-13-19)32(28,29)21-10-8-20(30-3)9-11-21/h4-11,18-19H,12-17H2,1-3H3,(H,25,27). The lowest BCUT2D eigenvalue weighted by Crippen LogP contribution is -2.43. The average Bonchev–Trinajstić information content (AvgIpc) is 2.82. The predicted molar refractivity (Wildman–Crippen MR) is 124 cm³/mol. The monoisotopic (exact) mass is 460 g/mol. The molecule has 0 saturated carbocycles. The molecule has 32 heavy (non-hydrogen) atoms. The summed E-state index contributed by atoms with van der Waals surface area (Å²) < 4.78 is 38.1. The van der Waals surface area contributed by atoms with Crippen molar-refractivity contribution in [2.75, 3.05) is 33.4 Å². The Bertz CT molecular complexity index is 997. The summed E-state index contributed by atoms with van der Waals surface area (Å²) in [7, 11) is -2.04. The molecule has 1 fully saturated rings. The second-order valence-corrected chi connectivity index (χ2v) is 10.1. The van der Waals surface area contributed by atoms with E-state index >= 15 is 0 Å². The second-order valence-electron chi connectivity index (χ2n) is 8.19. The first kappa shape index (κ1) is 24.1. The Labute approximate surface area is 190 Å². The summed E-state index contributed by atoms with van der Waals surface area (Å²) in [6, 6.07) is 14.3.